The van der Waals surface area contributed by atoms with Crippen LogP contribution in [-0.4, -0.2) is 61.7 Å². The Morgan fingerprint density at radius 1 is 0.714 bits per heavy atom. The topological polar surface area (TPSA) is 174 Å². The van der Waals surface area contributed by atoms with Crippen molar-refractivity contribution in [3.63, 3.8) is 0 Å². The molecule has 0 saturated heterocycles. The second-order valence-corrected chi connectivity index (χ2v) is 8.31. The van der Waals surface area contributed by atoms with Crippen LogP contribution in [0.4, 0.5) is 0 Å². The van der Waals surface area contributed by atoms with E-state index in [1.165, 1.54) is 12.4 Å². The Labute approximate surface area is 161 Å². The summed E-state index contributed by atoms with van der Waals surface area (Å²) >= 11 is 0. The maximum Gasteiger partial charge on any atom is 0.294 e. The van der Waals surface area contributed by atoms with E-state index < -0.39 is 20.2 Å². The number of benzene rings is 2. The third kappa shape index (κ3) is 5.85. The SMILES string of the molecule is O=S(=O)(O)c1ccc(O)c(/C=N/CC/N=C/c2cc(S(=O)(=O)O)ccc2O)c1. The Balaban J connectivity index is 2.04. The van der Waals surface area contributed by atoms with E-state index in [2.05, 4.69) is 9.98 Å². The van der Waals surface area contributed by atoms with Crippen LogP contribution >= 0.6 is 0 Å². The first-order valence-corrected chi connectivity index (χ1v) is 10.5. The molecular formula is C16H16N2O8S2. The van der Waals surface area contributed by atoms with Gasteiger partial charge in [0.2, 0.25) is 0 Å². The van der Waals surface area contributed by atoms with Crippen LogP contribution in [0.5, 0.6) is 11.5 Å². The number of phenolic OH excluding ortho intramolecular Hbond substituents is 2. The smallest absolute Gasteiger partial charge is 0.294 e. The number of phenols is 2. The molecule has 150 valence electrons. The molecule has 2 aromatic rings. The quantitative estimate of drug-likeness (QED) is 0.288. The van der Waals surface area contributed by atoms with Crippen molar-refractivity contribution in [2.75, 3.05) is 13.1 Å². The lowest BCUT2D eigenvalue weighted by molar-refractivity contribution is 0.470. The summed E-state index contributed by atoms with van der Waals surface area (Å²) in [6.07, 6.45) is 2.41. The van der Waals surface area contributed by atoms with Crippen molar-refractivity contribution in [2.24, 2.45) is 9.98 Å². The fraction of sp³-hybridized carbons (Fsp3) is 0.125. The maximum absolute atomic E-state index is 11.1. The first-order valence-electron chi connectivity index (χ1n) is 7.59. The lowest BCUT2D eigenvalue weighted by atomic mass is 10.2. The first kappa shape index (κ1) is 21.5. The molecule has 0 amide bonds. The van der Waals surface area contributed by atoms with Crippen LogP contribution in [0.3, 0.4) is 0 Å². The molecule has 0 unspecified atom stereocenters. The summed E-state index contributed by atoms with van der Waals surface area (Å²) in [5.74, 6) is -0.460. The third-order valence-electron chi connectivity index (χ3n) is 3.41. The molecule has 28 heavy (non-hydrogen) atoms. The van der Waals surface area contributed by atoms with E-state index in [0.29, 0.717) is 0 Å². The molecule has 0 aliphatic rings. The Hall–Kier alpha value is -2.80. The van der Waals surface area contributed by atoms with Crippen molar-refractivity contribution in [3.8, 4) is 11.5 Å². The van der Waals surface area contributed by atoms with Crippen LogP contribution in [0.2, 0.25) is 0 Å². The molecule has 2 aromatic carbocycles. The Morgan fingerprint density at radius 3 is 1.39 bits per heavy atom. The summed E-state index contributed by atoms with van der Waals surface area (Å²) < 4.78 is 62.4. The predicted octanol–water partition coefficient (Wildman–Crippen LogP) is 1.13. The van der Waals surface area contributed by atoms with E-state index in [4.69, 9.17) is 9.11 Å². The zero-order valence-corrected chi connectivity index (χ0v) is 15.8. The second-order valence-electron chi connectivity index (χ2n) is 5.46. The number of hydrogen-bond donors (Lipinski definition) is 4. The van der Waals surface area contributed by atoms with Crippen LogP contribution in [0, 0.1) is 0 Å². The van der Waals surface area contributed by atoms with E-state index >= 15 is 0 Å². The van der Waals surface area contributed by atoms with E-state index in [0.717, 1.165) is 36.4 Å². The highest BCUT2D eigenvalue weighted by Crippen LogP contribution is 2.20. The second kappa shape index (κ2) is 8.48. The zero-order chi connectivity index (χ0) is 20.9. The van der Waals surface area contributed by atoms with E-state index in [1.54, 1.807) is 0 Å². The van der Waals surface area contributed by atoms with Gasteiger partial charge in [-0.3, -0.25) is 19.1 Å². The molecule has 0 spiro atoms. The van der Waals surface area contributed by atoms with E-state index in [1.807, 2.05) is 0 Å². The number of rotatable bonds is 7. The van der Waals surface area contributed by atoms with Crippen LogP contribution in [-0.2, 0) is 20.2 Å². The maximum atomic E-state index is 11.1. The average Bonchev–Trinajstić information content (AvgIpc) is 2.58. The lowest BCUT2D eigenvalue weighted by Gasteiger charge is -2.02. The van der Waals surface area contributed by atoms with Crippen molar-refractivity contribution >= 4 is 32.7 Å². The van der Waals surface area contributed by atoms with Crippen molar-refractivity contribution < 1.29 is 36.2 Å². The van der Waals surface area contributed by atoms with E-state index in [-0.39, 0.29) is 45.5 Å². The van der Waals surface area contributed by atoms with E-state index in [9.17, 15) is 27.0 Å². The normalized spacial score (nSPS) is 12.8. The van der Waals surface area contributed by atoms with Crippen molar-refractivity contribution in [1.29, 1.82) is 0 Å². The largest absolute Gasteiger partial charge is 0.507 e. The summed E-state index contributed by atoms with van der Waals surface area (Å²) in [7, 11) is -8.82. The first-order chi connectivity index (χ1) is 13.0. The summed E-state index contributed by atoms with van der Waals surface area (Å²) in [4.78, 5) is 7.15. The average molecular weight is 428 g/mol. The van der Waals surface area contributed by atoms with Gasteiger partial charge in [-0.25, -0.2) is 0 Å². The molecule has 2 rings (SSSR count). The number of hydrogen-bond acceptors (Lipinski definition) is 8. The van der Waals surface area contributed by atoms with Gasteiger partial charge >= 0.3 is 0 Å². The van der Waals surface area contributed by atoms with Crippen LogP contribution in [0.25, 0.3) is 0 Å². The number of nitrogens with zero attached hydrogens (tertiary/aromatic N) is 2. The molecule has 4 N–H and O–H groups in total. The minimum Gasteiger partial charge on any atom is -0.507 e. The Kier molecular flexibility index (Phi) is 6.51. The molecule has 10 nitrogen and oxygen atoms in total. The van der Waals surface area contributed by atoms with Crippen molar-refractivity contribution in [2.45, 2.75) is 9.79 Å². The molecule has 0 bridgehead atoms. The highest BCUT2D eigenvalue weighted by atomic mass is 32.2. The van der Waals surface area contributed by atoms with Crippen LogP contribution in [0.1, 0.15) is 11.1 Å². The lowest BCUT2D eigenvalue weighted by Crippen LogP contribution is -1.99. The summed E-state index contributed by atoms with van der Waals surface area (Å²) in [5.41, 5.74) is 0.162. The van der Waals surface area contributed by atoms with Gasteiger partial charge in [0.15, 0.2) is 0 Å². The summed E-state index contributed by atoms with van der Waals surface area (Å²) in [6, 6.07) is 6.40. The molecule has 0 heterocycles. The van der Waals surface area contributed by atoms with Crippen molar-refractivity contribution in [3.05, 3.63) is 47.5 Å². The molecule has 0 aliphatic heterocycles. The molecule has 0 saturated carbocycles. The van der Waals surface area contributed by atoms with Gasteiger partial charge in [-0.15, -0.1) is 0 Å². The molecule has 0 fully saturated rings. The zero-order valence-electron chi connectivity index (χ0n) is 14.2. The van der Waals surface area contributed by atoms with Gasteiger partial charge < -0.3 is 10.2 Å². The van der Waals surface area contributed by atoms with Gasteiger partial charge in [-0.1, -0.05) is 0 Å². The number of aliphatic imine (C=N–C) groups is 2. The minimum absolute atomic E-state index is 0.0811. The molecule has 0 atom stereocenters. The fourth-order valence-corrected chi connectivity index (χ4v) is 3.07. The molecule has 12 heteroatoms. The van der Waals surface area contributed by atoms with Gasteiger partial charge in [0, 0.05) is 23.6 Å². The monoisotopic (exact) mass is 428 g/mol. The minimum atomic E-state index is -4.41. The Bertz CT molecular complexity index is 1050. The van der Waals surface area contributed by atoms with Gasteiger partial charge in [0.05, 0.1) is 22.9 Å². The van der Waals surface area contributed by atoms with Gasteiger partial charge in [0.1, 0.15) is 11.5 Å². The predicted molar refractivity (Wildman–Crippen MR) is 101 cm³/mol. The molecule has 0 radical (unpaired) electrons. The summed E-state index contributed by atoms with van der Waals surface area (Å²) in [5, 5.41) is 19.4. The highest BCUT2D eigenvalue weighted by Gasteiger charge is 2.12. The van der Waals surface area contributed by atoms with Gasteiger partial charge in [-0.05, 0) is 36.4 Å². The van der Waals surface area contributed by atoms with Crippen LogP contribution in [0.15, 0.2) is 56.2 Å². The highest BCUT2D eigenvalue weighted by molar-refractivity contribution is 7.86. The Morgan fingerprint density at radius 2 is 1.07 bits per heavy atom. The summed E-state index contributed by atoms with van der Waals surface area (Å²) in [6.45, 7) is 0.260. The van der Waals surface area contributed by atoms with Crippen molar-refractivity contribution in [1.82, 2.24) is 0 Å². The molecule has 0 aliphatic carbocycles. The standard InChI is InChI=1S/C16H16N2O8S2/c19-15-3-1-13(27(21,22)23)7-11(15)9-17-5-6-18-10-12-8-14(28(24,25)26)2-4-16(12)20/h1-4,7-10,19-20H,5-6H2,(H,21,22,23)(H,24,25,26)/b17-9+,18-10+. The molecule has 0 aromatic heterocycles. The number of aromatic hydroxyl groups is 2. The van der Waals surface area contributed by atoms with Crippen LogP contribution < -0.4 is 0 Å². The molecular weight excluding hydrogens is 412 g/mol. The fourth-order valence-electron chi connectivity index (χ4n) is 2.03. The van der Waals surface area contributed by atoms with Gasteiger partial charge in [-0.2, -0.15) is 16.8 Å². The third-order valence-corrected chi connectivity index (χ3v) is 5.11. The van der Waals surface area contributed by atoms with Gasteiger partial charge in [0.25, 0.3) is 20.2 Å².